The van der Waals surface area contributed by atoms with Gasteiger partial charge in [0.25, 0.3) is 0 Å². The van der Waals surface area contributed by atoms with Crippen molar-refractivity contribution in [2.45, 2.75) is 26.2 Å². The SMILES string of the molecule is COCCNCC(C)(Cc1cccc(OC)c1)C1CC1. The lowest BCUT2D eigenvalue weighted by Gasteiger charge is -2.30. The molecule has 1 aromatic carbocycles. The highest BCUT2D eigenvalue weighted by molar-refractivity contribution is 5.29. The highest BCUT2D eigenvalue weighted by Crippen LogP contribution is 2.47. The van der Waals surface area contributed by atoms with Crippen molar-refractivity contribution >= 4 is 0 Å². The highest BCUT2D eigenvalue weighted by Gasteiger charge is 2.41. The van der Waals surface area contributed by atoms with Crippen molar-refractivity contribution < 1.29 is 9.47 Å². The fourth-order valence-corrected chi connectivity index (χ4v) is 2.93. The molecule has 1 aliphatic rings. The molecular formula is C17H27NO2. The molecule has 0 spiro atoms. The standard InChI is InChI=1S/C17H27NO2/c1-17(15-7-8-15,13-18-9-10-19-2)12-14-5-4-6-16(11-14)20-3/h4-6,11,15,18H,7-10,12-13H2,1-3H3. The number of hydrogen-bond donors (Lipinski definition) is 1. The van der Waals surface area contributed by atoms with Crippen LogP contribution in [0, 0.1) is 11.3 Å². The van der Waals surface area contributed by atoms with E-state index in [0.29, 0.717) is 5.41 Å². The molecule has 0 aliphatic heterocycles. The van der Waals surface area contributed by atoms with E-state index in [1.54, 1.807) is 14.2 Å². The van der Waals surface area contributed by atoms with Crippen LogP contribution < -0.4 is 10.1 Å². The summed E-state index contributed by atoms with van der Waals surface area (Å²) in [5.41, 5.74) is 1.70. The number of benzene rings is 1. The van der Waals surface area contributed by atoms with Crippen LogP contribution in [0.3, 0.4) is 0 Å². The van der Waals surface area contributed by atoms with Crippen molar-refractivity contribution in [1.29, 1.82) is 0 Å². The Morgan fingerprint density at radius 2 is 2.10 bits per heavy atom. The monoisotopic (exact) mass is 277 g/mol. The second kappa shape index (κ2) is 7.09. The van der Waals surface area contributed by atoms with Crippen LogP contribution in [0.15, 0.2) is 24.3 Å². The van der Waals surface area contributed by atoms with Gasteiger partial charge in [-0.3, -0.25) is 0 Å². The number of nitrogens with one attached hydrogen (secondary N) is 1. The summed E-state index contributed by atoms with van der Waals surface area (Å²) in [4.78, 5) is 0. The molecule has 1 aromatic rings. The summed E-state index contributed by atoms with van der Waals surface area (Å²) in [6.45, 7) is 5.17. The molecule has 0 radical (unpaired) electrons. The summed E-state index contributed by atoms with van der Waals surface area (Å²) in [7, 11) is 3.48. The molecule has 1 N–H and O–H groups in total. The van der Waals surface area contributed by atoms with E-state index in [1.165, 1.54) is 18.4 Å². The molecule has 1 atom stereocenters. The molecule has 1 aliphatic carbocycles. The van der Waals surface area contributed by atoms with Crippen molar-refractivity contribution in [3.8, 4) is 5.75 Å². The zero-order valence-corrected chi connectivity index (χ0v) is 12.9. The first-order valence-corrected chi connectivity index (χ1v) is 7.50. The van der Waals surface area contributed by atoms with Gasteiger partial charge < -0.3 is 14.8 Å². The van der Waals surface area contributed by atoms with Gasteiger partial charge in [-0.2, -0.15) is 0 Å². The van der Waals surface area contributed by atoms with E-state index >= 15 is 0 Å². The normalized spacial score (nSPS) is 17.8. The van der Waals surface area contributed by atoms with Gasteiger partial charge in [0.2, 0.25) is 0 Å². The second-order valence-electron chi connectivity index (χ2n) is 6.13. The Morgan fingerprint density at radius 1 is 1.30 bits per heavy atom. The predicted octanol–water partition coefficient (Wildman–Crippen LogP) is 2.89. The van der Waals surface area contributed by atoms with Gasteiger partial charge in [0.05, 0.1) is 13.7 Å². The Morgan fingerprint density at radius 3 is 2.75 bits per heavy atom. The summed E-state index contributed by atoms with van der Waals surface area (Å²) < 4.78 is 10.4. The molecular weight excluding hydrogens is 250 g/mol. The van der Waals surface area contributed by atoms with Gasteiger partial charge in [0, 0.05) is 20.2 Å². The Balaban J connectivity index is 1.96. The maximum atomic E-state index is 5.33. The molecule has 2 rings (SSSR count). The Bertz CT molecular complexity index is 417. The number of methoxy groups -OCH3 is 2. The van der Waals surface area contributed by atoms with Gasteiger partial charge >= 0.3 is 0 Å². The van der Waals surface area contributed by atoms with Crippen LogP contribution in [0.1, 0.15) is 25.3 Å². The zero-order chi connectivity index (χ0) is 14.4. The summed E-state index contributed by atoms with van der Waals surface area (Å²) in [6, 6.07) is 8.46. The molecule has 0 saturated heterocycles. The first-order valence-electron chi connectivity index (χ1n) is 7.50. The Kier molecular flexibility index (Phi) is 5.44. The van der Waals surface area contributed by atoms with Crippen LogP contribution in [0.5, 0.6) is 5.75 Å². The van der Waals surface area contributed by atoms with Crippen LogP contribution >= 0.6 is 0 Å². The van der Waals surface area contributed by atoms with Gasteiger partial charge in [-0.25, -0.2) is 0 Å². The van der Waals surface area contributed by atoms with Crippen molar-refractivity contribution in [2.24, 2.45) is 11.3 Å². The van der Waals surface area contributed by atoms with Gasteiger partial charge in [0.1, 0.15) is 5.75 Å². The zero-order valence-electron chi connectivity index (χ0n) is 12.9. The summed E-state index contributed by atoms with van der Waals surface area (Å²) in [5, 5.41) is 3.54. The number of hydrogen-bond acceptors (Lipinski definition) is 3. The fraction of sp³-hybridized carbons (Fsp3) is 0.647. The predicted molar refractivity (Wildman–Crippen MR) is 82.3 cm³/mol. The Hall–Kier alpha value is -1.06. The molecule has 1 fully saturated rings. The van der Waals surface area contributed by atoms with Crippen LogP contribution in [0.25, 0.3) is 0 Å². The van der Waals surface area contributed by atoms with E-state index in [-0.39, 0.29) is 0 Å². The van der Waals surface area contributed by atoms with E-state index in [2.05, 4.69) is 30.4 Å². The third-order valence-electron chi connectivity index (χ3n) is 4.32. The van der Waals surface area contributed by atoms with Gasteiger partial charge in [-0.05, 0) is 48.3 Å². The second-order valence-corrected chi connectivity index (χ2v) is 6.13. The first kappa shape index (κ1) is 15.3. The van der Waals surface area contributed by atoms with E-state index in [0.717, 1.165) is 37.8 Å². The summed E-state index contributed by atoms with van der Waals surface area (Å²) >= 11 is 0. The van der Waals surface area contributed by atoms with Crippen LogP contribution in [0.4, 0.5) is 0 Å². The largest absolute Gasteiger partial charge is 0.497 e. The summed E-state index contributed by atoms with van der Waals surface area (Å²) in [5.74, 6) is 1.80. The van der Waals surface area contributed by atoms with Crippen LogP contribution in [0.2, 0.25) is 0 Å². The lowest BCUT2D eigenvalue weighted by atomic mass is 9.79. The van der Waals surface area contributed by atoms with Gasteiger partial charge in [-0.15, -0.1) is 0 Å². The van der Waals surface area contributed by atoms with Crippen LogP contribution in [-0.2, 0) is 11.2 Å². The van der Waals surface area contributed by atoms with E-state index in [1.807, 2.05) is 6.07 Å². The first-order chi connectivity index (χ1) is 9.68. The maximum Gasteiger partial charge on any atom is 0.119 e. The third-order valence-corrected chi connectivity index (χ3v) is 4.32. The van der Waals surface area contributed by atoms with Gasteiger partial charge in [0.15, 0.2) is 0 Å². The molecule has 20 heavy (non-hydrogen) atoms. The molecule has 0 amide bonds. The van der Waals surface area contributed by atoms with Crippen LogP contribution in [-0.4, -0.2) is 33.9 Å². The molecule has 1 saturated carbocycles. The quantitative estimate of drug-likeness (QED) is 0.704. The molecule has 0 aromatic heterocycles. The van der Waals surface area contributed by atoms with Crippen molar-refractivity contribution in [3.05, 3.63) is 29.8 Å². The topological polar surface area (TPSA) is 30.5 Å². The molecule has 3 heteroatoms. The highest BCUT2D eigenvalue weighted by atomic mass is 16.5. The fourth-order valence-electron chi connectivity index (χ4n) is 2.93. The van der Waals surface area contributed by atoms with E-state index in [9.17, 15) is 0 Å². The summed E-state index contributed by atoms with van der Waals surface area (Å²) in [6.07, 6.45) is 3.84. The molecule has 3 nitrogen and oxygen atoms in total. The average Bonchev–Trinajstić information content (AvgIpc) is 3.29. The van der Waals surface area contributed by atoms with Crippen molar-refractivity contribution in [2.75, 3.05) is 33.9 Å². The molecule has 0 heterocycles. The van der Waals surface area contributed by atoms with Crippen molar-refractivity contribution in [3.63, 3.8) is 0 Å². The van der Waals surface area contributed by atoms with Gasteiger partial charge in [-0.1, -0.05) is 19.1 Å². The number of ether oxygens (including phenoxy) is 2. The maximum absolute atomic E-state index is 5.33. The van der Waals surface area contributed by atoms with E-state index in [4.69, 9.17) is 9.47 Å². The lowest BCUT2D eigenvalue weighted by Crippen LogP contribution is -2.37. The average molecular weight is 277 g/mol. The van der Waals surface area contributed by atoms with E-state index < -0.39 is 0 Å². The molecule has 0 bridgehead atoms. The minimum absolute atomic E-state index is 0.333. The minimum atomic E-state index is 0.333. The third kappa shape index (κ3) is 4.22. The van der Waals surface area contributed by atoms with Crippen molar-refractivity contribution in [1.82, 2.24) is 5.32 Å². The molecule has 112 valence electrons. The smallest absolute Gasteiger partial charge is 0.119 e. The minimum Gasteiger partial charge on any atom is -0.497 e. The Labute approximate surface area is 122 Å². The lowest BCUT2D eigenvalue weighted by molar-refractivity contribution is 0.187. The number of rotatable bonds is 9. The molecule has 1 unspecified atom stereocenters.